The average Bonchev–Trinajstić information content (AvgIpc) is 2.19. The van der Waals surface area contributed by atoms with Crippen molar-refractivity contribution >= 4 is 33.7 Å². The first-order chi connectivity index (χ1) is 7.41. The van der Waals surface area contributed by atoms with Crippen molar-refractivity contribution < 1.29 is 14.8 Å². The van der Waals surface area contributed by atoms with Crippen molar-refractivity contribution in [1.29, 1.82) is 0 Å². The van der Waals surface area contributed by atoms with Crippen LogP contribution in [0, 0.1) is 17.0 Å². The summed E-state index contributed by atoms with van der Waals surface area (Å²) >= 11 is 3.19. The molecule has 0 amide bonds. The Bertz CT molecular complexity index is 482. The highest BCUT2D eigenvalue weighted by Gasteiger charge is 2.13. The molecule has 0 unspecified atom stereocenters. The number of carbonyl (C=O) groups is 1. The van der Waals surface area contributed by atoms with Gasteiger partial charge in [0.25, 0.3) is 5.69 Å². The quantitative estimate of drug-likeness (QED) is 0.526. The predicted molar refractivity (Wildman–Crippen MR) is 62.2 cm³/mol. The van der Waals surface area contributed by atoms with Gasteiger partial charge >= 0.3 is 5.97 Å². The Morgan fingerprint density at radius 2 is 2.19 bits per heavy atom. The summed E-state index contributed by atoms with van der Waals surface area (Å²) in [5.41, 5.74) is 0.934. The minimum atomic E-state index is -1.10. The summed E-state index contributed by atoms with van der Waals surface area (Å²) in [5, 5.41) is 19.2. The number of nitrogens with zero attached hydrogens (tertiary/aromatic N) is 1. The number of hydrogen-bond donors (Lipinski definition) is 1. The summed E-state index contributed by atoms with van der Waals surface area (Å²) < 4.78 is 0.576. The zero-order chi connectivity index (χ0) is 12.3. The molecule has 0 spiro atoms. The van der Waals surface area contributed by atoms with Crippen molar-refractivity contribution in [3.8, 4) is 0 Å². The van der Waals surface area contributed by atoms with E-state index in [1.165, 1.54) is 12.1 Å². The summed E-state index contributed by atoms with van der Waals surface area (Å²) in [6, 6.07) is 2.96. The van der Waals surface area contributed by atoms with Crippen LogP contribution in [0.5, 0.6) is 0 Å². The number of nitro benzene ring substituents is 1. The van der Waals surface area contributed by atoms with E-state index < -0.39 is 10.9 Å². The molecule has 5 nitrogen and oxygen atoms in total. The van der Waals surface area contributed by atoms with E-state index in [-0.39, 0.29) is 5.69 Å². The number of hydrogen-bond acceptors (Lipinski definition) is 3. The van der Waals surface area contributed by atoms with Gasteiger partial charge in [0, 0.05) is 22.2 Å². The van der Waals surface area contributed by atoms with Crippen LogP contribution in [0.1, 0.15) is 11.1 Å². The van der Waals surface area contributed by atoms with Crippen LogP contribution in [0.3, 0.4) is 0 Å². The van der Waals surface area contributed by atoms with E-state index in [0.717, 1.165) is 6.08 Å². The van der Waals surface area contributed by atoms with Gasteiger partial charge in [-0.05, 0) is 24.6 Å². The third-order valence-corrected chi connectivity index (χ3v) is 2.78. The molecular formula is C10H8BrNO4. The summed E-state index contributed by atoms with van der Waals surface area (Å²) in [6.45, 7) is 1.62. The number of aliphatic carboxylic acids is 1. The Labute approximate surface area is 99.7 Å². The van der Waals surface area contributed by atoms with Crippen molar-refractivity contribution in [3.05, 3.63) is 43.9 Å². The summed E-state index contributed by atoms with van der Waals surface area (Å²) in [6.07, 6.45) is 2.24. The van der Waals surface area contributed by atoms with E-state index in [2.05, 4.69) is 15.9 Å². The highest BCUT2D eigenvalue weighted by atomic mass is 79.9. The Morgan fingerprint density at radius 1 is 1.56 bits per heavy atom. The van der Waals surface area contributed by atoms with Gasteiger partial charge in [-0.2, -0.15) is 0 Å². The molecule has 0 atom stereocenters. The number of nitro groups is 1. The molecule has 0 heterocycles. The van der Waals surface area contributed by atoms with Crippen LogP contribution in [0.25, 0.3) is 6.08 Å². The number of benzene rings is 1. The van der Waals surface area contributed by atoms with Crippen LogP contribution in [-0.2, 0) is 4.79 Å². The second-order valence-corrected chi connectivity index (χ2v) is 3.93. The molecule has 0 aromatic heterocycles. The van der Waals surface area contributed by atoms with Crippen LogP contribution < -0.4 is 0 Å². The molecule has 0 aliphatic rings. The molecule has 1 N–H and O–H groups in total. The maximum absolute atomic E-state index is 10.7. The van der Waals surface area contributed by atoms with Gasteiger partial charge in [0.15, 0.2) is 0 Å². The third kappa shape index (κ3) is 2.90. The lowest BCUT2D eigenvalue weighted by Crippen LogP contribution is -1.93. The highest BCUT2D eigenvalue weighted by Crippen LogP contribution is 2.28. The number of halogens is 1. The van der Waals surface area contributed by atoms with Gasteiger partial charge in [-0.3, -0.25) is 10.1 Å². The van der Waals surface area contributed by atoms with E-state index >= 15 is 0 Å². The Morgan fingerprint density at radius 3 is 2.69 bits per heavy atom. The van der Waals surface area contributed by atoms with Crippen LogP contribution in [0.4, 0.5) is 5.69 Å². The normalized spacial score (nSPS) is 10.6. The van der Waals surface area contributed by atoms with Gasteiger partial charge in [-0.1, -0.05) is 15.9 Å². The number of carboxylic acids is 1. The first-order valence-corrected chi connectivity index (χ1v) is 5.06. The van der Waals surface area contributed by atoms with Gasteiger partial charge in [-0.15, -0.1) is 0 Å². The molecule has 0 saturated heterocycles. The van der Waals surface area contributed by atoms with E-state index in [1.807, 2.05) is 0 Å². The largest absolute Gasteiger partial charge is 0.478 e. The van der Waals surface area contributed by atoms with E-state index in [1.54, 1.807) is 13.0 Å². The first-order valence-electron chi connectivity index (χ1n) is 4.27. The maximum atomic E-state index is 10.7. The smallest absolute Gasteiger partial charge is 0.328 e. The van der Waals surface area contributed by atoms with Gasteiger partial charge in [0.2, 0.25) is 0 Å². The Hall–Kier alpha value is -1.69. The molecule has 1 rings (SSSR count). The maximum Gasteiger partial charge on any atom is 0.328 e. The molecule has 0 fully saturated rings. The fraction of sp³-hybridized carbons (Fsp3) is 0.100. The second kappa shape index (κ2) is 4.89. The van der Waals surface area contributed by atoms with E-state index in [0.29, 0.717) is 15.6 Å². The molecule has 0 radical (unpaired) electrons. The molecule has 0 aliphatic heterocycles. The van der Waals surface area contributed by atoms with Crippen LogP contribution in [-0.4, -0.2) is 16.0 Å². The molecule has 0 saturated carbocycles. The lowest BCUT2D eigenvalue weighted by Gasteiger charge is -2.01. The summed E-state index contributed by atoms with van der Waals surface area (Å²) in [4.78, 5) is 20.5. The minimum absolute atomic E-state index is 0.0422. The van der Waals surface area contributed by atoms with Crippen molar-refractivity contribution in [2.24, 2.45) is 0 Å². The van der Waals surface area contributed by atoms with E-state index in [9.17, 15) is 14.9 Å². The van der Waals surface area contributed by atoms with Crippen LogP contribution in [0.2, 0.25) is 0 Å². The zero-order valence-corrected chi connectivity index (χ0v) is 9.89. The fourth-order valence-electron chi connectivity index (χ4n) is 1.14. The van der Waals surface area contributed by atoms with Crippen molar-refractivity contribution in [2.45, 2.75) is 6.92 Å². The summed E-state index contributed by atoms with van der Waals surface area (Å²) in [7, 11) is 0. The molecule has 16 heavy (non-hydrogen) atoms. The van der Waals surface area contributed by atoms with Gasteiger partial charge < -0.3 is 5.11 Å². The fourth-order valence-corrected chi connectivity index (χ4v) is 1.61. The molecular weight excluding hydrogens is 278 g/mol. The minimum Gasteiger partial charge on any atom is -0.478 e. The summed E-state index contributed by atoms with van der Waals surface area (Å²) in [5.74, 6) is -1.10. The molecule has 0 bridgehead atoms. The lowest BCUT2D eigenvalue weighted by molar-refractivity contribution is -0.385. The second-order valence-electron chi connectivity index (χ2n) is 3.08. The van der Waals surface area contributed by atoms with Gasteiger partial charge in [0.05, 0.1) is 4.92 Å². The molecule has 1 aromatic rings. The van der Waals surface area contributed by atoms with Crippen molar-refractivity contribution in [3.63, 3.8) is 0 Å². The van der Waals surface area contributed by atoms with Crippen LogP contribution >= 0.6 is 15.9 Å². The molecule has 6 heteroatoms. The van der Waals surface area contributed by atoms with Crippen molar-refractivity contribution in [2.75, 3.05) is 0 Å². The number of rotatable bonds is 3. The average molecular weight is 286 g/mol. The third-order valence-electron chi connectivity index (χ3n) is 1.95. The molecule has 1 aromatic carbocycles. The zero-order valence-electron chi connectivity index (χ0n) is 8.31. The van der Waals surface area contributed by atoms with Crippen molar-refractivity contribution in [1.82, 2.24) is 0 Å². The van der Waals surface area contributed by atoms with Gasteiger partial charge in [-0.25, -0.2) is 4.79 Å². The number of carboxylic acid groups (broad SMARTS) is 1. The Balaban J connectivity index is 3.24. The molecule has 84 valence electrons. The monoisotopic (exact) mass is 285 g/mol. The first kappa shape index (κ1) is 12.4. The topological polar surface area (TPSA) is 80.4 Å². The van der Waals surface area contributed by atoms with E-state index in [4.69, 9.17) is 5.11 Å². The standard InChI is InChI=1S/C10H8BrNO4/c1-6-8(11)4-7(2-3-10(13)14)5-9(6)12(15)16/h2-5H,1H3,(H,13,14)/b3-2+. The van der Waals surface area contributed by atoms with Gasteiger partial charge in [0.1, 0.15) is 0 Å². The lowest BCUT2D eigenvalue weighted by atomic mass is 10.1. The van der Waals surface area contributed by atoms with Crippen LogP contribution in [0.15, 0.2) is 22.7 Å². The molecule has 0 aliphatic carbocycles. The SMILES string of the molecule is Cc1c(Br)cc(/C=C/C(=O)O)cc1[N+](=O)[O-]. The highest BCUT2D eigenvalue weighted by molar-refractivity contribution is 9.10. The predicted octanol–water partition coefficient (Wildman–Crippen LogP) is 2.76. The Kier molecular flexibility index (Phi) is 3.78.